The van der Waals surface area contributed by atoms with E-state index < -0.39 is 6.10 Å². The van der Waals surface area contributed by atoms with Gasteiger partial charge in [-0.25, -0.2) is 4.68 Å². The van der Waals surface area contributed by atoms with E-state index in [0.29, 0.717) is 49.9 Å². The number of nitrogens with zero attached hydrogens (tertiary/aromatic N) is 4. The van der Waals surface area contributed by atoms with E-state index in [1.165, 1.54) is 4.68 Å². The number of piperazine rings is 1. The Bertz CT molecular complexity index is 1210. The summed E-state index contributed by atoms with van der Waals surface area (Å²) >= 11 is 6.43. The molecule has 2 aromatic carbocycles. The van der Waals surface area contributed by atoms with Gasteiger partial charge in [-0.3, -0.25) is 9.59 Å². The lowest BCUT2D eigenvalue weighted by atomic mass is 10.2. The van der Waals surface area contributed by atoms with Gasteiger partial charge in [-0.2, -0.15) is 5.10 Å². The summed E-state index contributed by atoms with van der Waals surface area (Å²) in [6, 6.07) is 17.0. The van der Waals surface area contributed by atoms with Crippen LogP contribution in [0.4, 0.5) is 5.69 Å². The fourth-order valence-electron chi connectivity index (χ4n) is 4.06. The SMILES string of the molecule is O=C([C@@H]1COc2ccccc2O1)N1CCN(c2cnn(Cc3ccccc3)c(=O)c2Cl)CC1. The van der Waals surface area contributed by atoms with Gasteiger partial charge < -0.3 is 19.3 Å². The zero-order valence-corrected chi connectivity index (χ0v) is 18.6. The molecule has 1 aromatic heterocycles. The van der Waals surface area contributed by atoms with Crippen molar-refractivity contribution >= 4 is 23.2 Å². The molecule has 1 fully saturated rings. The third kappa shape index (κ3) is 4.39. The van der Waals surface area contributed by atoms with Crippen LogP contribution in [0, 0.1) is 0 Å². The van der Waals surface area contributed by atoms with Gasteiger partial charge in [0.15, 0.2) is 11.5 Å². The summed E-state index contributed by atoms with van der Waals surface area (Å²) in [5.41, 5.74) is 1.23. The van der Waals surface area contributed by atoms with Crippen LogP contribution >= 0.6 is 11.6 Å². The number of carbonyl (C=O) groups is 1. The zero-order valence-electron chi connectivity index (χ0n) is 17.9. The number of ether oxygens (including phenoxy) is 2. The van der Waals surface area contributed by atoms with E-state index in [-0.39, 0.29) is 23.1 Å². The smallest absolute Gasteiger partial charge is 0.287 e. The molecule has 170 valence electrons. The van der Waals surface area contributed by atoms with Gasteiger partial charge in [0.25, 0.3) is 11.5 Å². The quantitative estimate of drug-likeness (QED) is 0.588. The minimum atomic E-state index is -0.668. The highest BCUT2D eigenvalue weighted by molar-refractivity contribution is 6.33. The van der Waals surface area contributed by atoms with Crippen molar-refractivity contribution in [3.8, 4) is 11.5 Å². The molecule has 0 bridgehead atoms. The van der Waals surface area contributed by atoms with E-state index in [9.17, 15) is 9.59 Å². The van der Waals surface area contributed by atoms with Crippen LogP contribution in [-0.4, -0.2) is 59.5 Å². The van der Waals surface area contributed by atoms with Gasteiger partial charge in [0.1, 0.15) is 11.6 Å². The fourth-order valence-corrected chi connectivity index (χ4v) is 4.32. The van der Waals surface area contributed by atoms with Crippen molar-refractivity contribution in [3.05, 3.63) is 81.7 Å². The highest BCUT2D eigenvalue weighted by atomic mass is 35.5. The lowest BCUT2D eigenvalue weighted by molar-refractivity contribution is -0.141. The van der Waals surface area contributed by atoms with Crippen molar-refractivity contribution in [2.75, 3.05) is 37.7 Å². The van der Waals surface area contributed by atoms with Crippen molar-refractivity contribution < 1.29 is 14.3 Å². The van der Waals surface area contributed by atoms with Crippen LogP contribution in [0.5, 0.6) is 11.5 Å². The van der Waals surface area contributed by atoms with Gasteiger partial charge in [-0.15, -0.1) is 0 Å². The predicted molar refractivity (Wildman–Crippen MR) is 124 cm³/mol. The molecule has 0 N–H and O–H groups in total. The van der Waals surface area contributed by atoms with Crippen LogP contribution in [0.15, 0.2) is 65.6 Å². The molecule has 0 radical (unpaired) electrons. The average Bonchev–Trinajstić information content (AvgIpc) is 2.87. The average molecular weight is 467 g/mol. The fraction of sp³-hybridized carbons (Fsp3) is 0.292. The largest absolute Gasteiger partial charge is 0.485 e. The summed E-state index contributed by atoms with van der Waals surface area (Å²) in [5, 5.41) is 4.46. The minimum absolute atomic E-state index is 0.105. The summed E-state index contributed by atoms with van der Waals surface area (Å²) < 4.78 is 12.9. The summed E-state index contributed by atoms with van der Waals surface area (Å²) in [5.74, 6) is 1.12. The number of fused-ring (bicyclic) bond motifs is 1. The molecule has 2 aliphatic rings. The van der Waals surface area contributed by atoms with Crippen molar-refractivity contribution in [2.24, 2.45) is 0 Å². The molecule has 5 rings (SSSR count). The lowest BCUT2D eigenvalue weighted by Gasteiger charge is -2.38. The van der Waals surface area contributed by atoms with Crippen LogP contribution in [0.2, 0.25) is 5.02 Å². The molecule has 3 heterocycles. The molecule has 0 saturated carbocycles. The van der Waals surface area contributed by atoms with E-state index in [0.717, 1.165) is 5.56 Å². The second kappa shape index (κ2) is 9.15. The van der Waals surface area contributed by atoms with E-state index >= 15 is 0 Å². The van der Waals surface area contributed by atoms with Crippen molar-refractivity contribution in [1.29, 1.82) is 0 Å². The van der Waals surface area contributed by atoms with Crippen molar-refractivity contribution in [2.45, 2.75) is 12.6 Å². The Hall–Kier alpha value is -3.52. The number of hydrogen-bond donors (Lipinski definition) is 0. The highest BCUT2D eigenvalue weighted by Crippen LogP contribution is 2.31. The van der Waals surface area contributed by atoms with Crippen LogP contribution in [0.1, 0.15) is 5.56 Å². The van der Waals surface area contributed by atoms with E-state index in [4.69, 9.17) is 21.1 Å². The number of benzene rings is 2. The Balaban J connectivity index is 1.22. The molecule has 8 nitrogen and oxygen atoms in total. The number of para-hydroxylation sites is 2. The maximum absolute atomic E-state index is 13.0. The summed E-state index contributed by atoms with van der Waals surface area (Å²) in [6.45, 7) is 2.60. The first-order valence-corrected chi connectivity index (χ1v) is 11.2. The van der Waals surface area contributed by atoms with Crippen LogP contribution in [-0.2, 0) is 11.3 Å². The standard InChI is InChI=1S/C24H23ClN4O4/c25-22-18(14-26-29(24(22)31)15-17-6-2-1-3-7-17)27-10-12-28(13-11-27)23(30)21-16-32-19-8-4-5-9-20(19)33-21/h1-9,14,21H,10-13,15-16H2/t21-/m0/s1. The lowest BCUT2D eigenvalue weighted by Crippen LogP contribution is -2.54. The molecular weight excluding hydrogens is 444 g/mol. The number of carbonyl (C=O) groups excluding carboxylic acids is 1. The van der Waals surface area contributed by atoms with Crippen LogP contribution in [0.25, 0.3) is 0 Å². The van der Waals surface area contributed by atoms with E-state index in [2.05, 4.69) is 5.10 Å². The first kappa shape index (κ1) is 21.3. The van der Waals surface area contributed by atoms with Gasteiger partial charge in [0, 0.05) is 26.2 Å². The minimum Gasteiger partial charge on any atom is -0.485 e. The molecule has 0 spiro atoms. The Morgan fingerprint density at radius 2 is 1.70 bits per heavy atom. The topological polar surface area (TPSA) is 76.9 Å². The van der Waals surface area contributed by atoms with Gasteiger partial charge in [0.05, 0.1) is 18.4 Å². The Morgan fingerprint density at radius 3 is 2.45 bits per heavy atom. The first-order chi connectivity index (χ1) is 16.1. The van der Waals surface area contributed by atoms with Crippen molar-refractivity contribution in [3.63, 3.8) is 0 Å². The van der Waals surface area contributed by atoms with Gasteiger partial charge in [-0.05, 0) is 17.7 Å². The van der Waals surface area contributed by atoms with Gasteiger partial charge in [0.2, 0.25) is 6.10 Å². The molecular formula is C24H23ClN4O4. The molecule has 2 aliphatic heterocycles. The summed E-state index contributed by atoms with van der Waals surface area (Å²) in [6.07, 6.45) is 0.956. The van der Waals surface area contributed by atoms with Crippen molar-refractivity contribution in [1.82, 2.24) is 14.7 Å². The second-order valence-corrected chi connectivity index (χ2v) is 8.35. The first-order valence-electron chi connectivity index (χ1n) is 10.8. The molecule has 1 amide bonds. The number of aromatic nitrogens is 2. The molecule has 3 aromatic rings. The molecule has 0 unspecified atom stereocenters. The number of halogens is 1. The summed E-state index contributed by atoms with van der Waals surface area (Å²) in [7, 11) is 0. The molecule has 1 atom stereocenters. The number of rotatable bonds is 4. The molecule has 0 aliphatic carbocycles. The predicted octanol–water partition coefficient (Wildman–Crippen LogP) is 2.43. The Morgan fingerprint density at radius 1 is 1.00 bits per heavy atom. The monoisotopic (exact) mass is 466 g/mol. The van der Waals surface area contributed by atoms with Crippen LogP contribution < -0.4 is 19.9 Å². The maximum atomic E-state index is 13.0. The Kier molecular flexibility index (Phi) is 5.92. The number of amides is 1. The molecule has 1 saturated heterocycles. The molecule has 33 heavy (non-hydrogen) atoms. The third-order valence-corrected chi connectivity index (χ3v) is 6.21. The third-order valence-electron chi connectivity index (χ3n) is 5.86. The van der Waals surface area contributed by atoms with Gasteiger partial charge >= 0.3 is 0 Å². The highest BCUT2D eigenvalue weighted by Gasteiger charge is 2.33. The Labute approximate surface area is 195 Å². The normalized spacial score (nSPS) is 17.7. The second-order valence-electron chi connectivity index (χ2n) is 7.97. The van der Waals surface area contributed by atoms with E-state index in [1.54, 1.807) is 17.2 Å². The van der Waals surface area contributed by atoms with Gasteiger partial charge in [-0.1, -0.05) is 54.1 Å². The van der Waals surface area contributed by atoms with Crippen LogP contribution in [0.3, 0.4) is 0 Å². The van der Waals surface area contributed by atoms with E-state index in [1.807, 2.05) is 53.4 Å². The molecule has 9 heteroatoms. The number of hydrogen-bond acceptors (Lipinski definition) is 6. The maximum Gasteiger partial charge on any atom is 0.287 e. The summed E-state index contributed by atoms with van der Waals surface area (Å²) in [4.78, 5) is 29.5. The number of anilines is 1. The zero-order chi connectivity index (χ0) is 22.8.